The van der Waals surface area contributed by atoms with E-state index in [4.69, 9.17) is 4.52 Å². The molecule has 29 heavy (non-hydrogen) atoms. The summed E-state index contributed by atoms with van der Waals surface area (Å²) in [7, 11) is 0. The molecule has 1 aliphatic rings. The average molecular weight is 392 g/mol. The average Bonchev–Trinajstić information content (AvgIpc) is 3.21. The molecule has 0 amide bonds. The summed E-state index contributed by atoms with van der Waals surface area (Å²) in [6.07, 6.45) is 0. The van der Waals surface area contributed by atoms with E-state index in [2.05, 4.69) is 70.0 Å². The zero-order valence-corrected chi connectivity index (χ0v) is 17.7. The first-order chi connectivity index (χ1) is 14.0. The van der Waals surface area contributed by atoms with Gasteiger partial charge in [0.15, 0.2) is 0 Å². The third-order valence-corrected chi connectivity index (χ3v) is 5.79. The Kier molecular flexibility index (Phi) is 5.74. The molecule has 152 valence electrons. The quantitative estimate of drug-likeness (QED) is 0.657. The van der Waals surface area contributed by atoms with Gasteiger partial charge < -0.3 is 4.52 Å². The fourth-order valence-corrected chi connectivity index (χ4v) is 3.81. The number of benzene rings is 1. The summed E-state index contributed by atoms with van der Waals surface area (Å²) in [6, 6.07) is 12.6. The van der Waals surface area contributed by atoms with Crippen molar-refractivity contribution in [1.29, 1.82) is 0 Å². The highest BCUT2D eigenvalue weighted by Crippen LogP contribution is 2.24. The molecule has 3 heterocycles. The molecule has 0 spiro atoms. The third kappa shape index (κ3) is 4.54. The second kappa shape index (κ2) is 8.43. The Morgan fingerprint density at radius 2 is 1.66 bits per heavy atom. The summed E-state index contributed by atoms with van der Waals surface area (Å²) >= 11 is 0. The van der Waals surface area contributed by atoms with Gasteiger partial charge in [-0.15, -0.1) is 0 Å². The molecular formula is C23H29N5O. The van der Waals surface area contributed by atoms with E-state index in [-0.39, 0.29) is 6.04 Å². The molecule has 1 fully saturated rings. The molecule has 1 saturated heterocycles. The molecule has 0 bridgehead atoms. The lowest BCUT2D eigenvalue weighted by atomic mass is 10.1. The highest BCUT2D eigenvalue weighted by Gasteiger charge is 2.26. The van der Waals surface area contributed by atoms with Crippen molar-refractivity contribution in [2.24, 2.45) is 0 Å². The van der Waals surface area contributed by atoms with Gasteiger partial charge in [-0.1, -0.05) is 41.1 Å². The van der Waals surface area contributed by atoms with Crippen LogP contribution in [0.2, 0.25) is 0 Å². The zero-order valence-electron chi connectivity index (χ0n) is 17.7. The minimum absolute atomic E-state index is 0.117. The van der Waals surface area contributed by atoms with E-state index in [1.54, 1.807) is 0 Å². The van der Waals surface area contributed by atoms with Crippen molar-refractivity contribution >= 4 is 0 Å². The lowest BCUT2D eigenvalue weighted by Gasteiger charge is -2.36. The van der Waals surface area contributed by atoms with E-state index in [1.807, 2.05) is 19.1 Å². The fraction of sp³-hybridized carbons (Fsp3) is 0.435. The van der Waals surface area contributed by atoms with Gasteiger partial charge in [-0.25, -0.2) is 0 Å². The maximum Gasteiger partial charge on any atom is 0.244 e. The molecular weight excluding hydrogens is 362 g/mol. The summed E-state index contributed by atoms with van der Waals surface area (Å²) in [4.78, 5) is 14.2. The van der Waals surface area contributed by atoms with Crippen LogP contribution in [0, 0.1) is 20.8 Å². The van der Waals surface area contributed by atoms with Crippen LogP contribution in [0.5, 0.6) is 0 Å². The monoisotopic (exact) mass is 391 g/mol. The maximum atomic E-state index is 5.59. The molecule has 0 N–H and O–H groups in total. The summed E-state index contributed by atoms with van der Waals surface area (Å²) < 4.78 is 5.59. The Labute approximate surface area is 172 Å². The number of aryl methyl sites for hydroxylation is 3. The van der Waals surface area contributed by atoms with Crippen LogP contribution in [0.15, 0.2) is 40.9 Å². The Morgan fingerprint density at radius 1 is 0.931 bits per heavy atom. The van der Waals surface area contributed by atoms with Gasteiger partial charge in [0.2, 0.25) is 11.7 Å². The van der Waals surface area contributed by atoms with Gasteiger partial charge in [0.1, 0.15) is 0 Å². The standard InChI is InChI=1S/C23H29N5O/c1-16-5-8-20(9-6-16)22-25-23(29-26-22)19(4)28-13-11-27(12-14-28)15-21-10-7-17(2)24-18(21)3/h5-10,19H,11-15H2,1-4H3. The van der Waals surface area contributed by atoms with E-state index >= 15 is 0 Å². The SMILES string of the molecule is Cc1ccc(-c2noc(C(C)N3CCN(Cc4ccc(C)nc4C)CC3)n2)cc1. The van der Waals surface area contributed by atoms with Crippen molar-refractivity contribution in [1.82, 2.24) is 24.9 Å². The van der Waals surface area contributed by atoms with E-state index in [0.29, 0.717) is 11.7 Å². The molecule has 6 heteroatoms. The molecule has 4 rings (SSSR count). The number of nitrogens with zero attached hydrogens (tertiary/aromatic N) is 5. The number of hydrogen-bond donors (Lipinski definition) is 0. The van der Waals surface area contributed by atoms with Crippen LogP contribution in [0.25, 0.3) is 11.4 Å². The highest BCUT2D eigenvalue weighted by molar-refractivity contribution is 5.54. The van der Waals surface area contributed by atoms with Gasteiger partial charge >= 0.3 is 0 Å². The van der Waals surface area contributed by atoms with E-state index < -0.39 is 0 Å². The minimum atomic E-state index is 0.117. The Morgan fingerprint density at radius 3 is 2.34 bits per heavy atom. The van der Waals surface area contributed by atoms with Gasteiger partial charge in [-0.05, 0) is 39.3 Å². The molecule has 0 aliphatic carbocycles. The van der Waals surface area contributed by atoms with Crippen LogP contribution in [0.3, 0.4) is 0 Å². The van der Waals surface area contributed by atoms with Crippen LogP contribution < -0.4 is 0 Å². The van der Waals surface area contributed by atoms with Crippen molar-refractivity contribution < 1.29 is 4.52 Å². The van der Waals surface area contributed by atoms with Crippen LogP contribution in [-0.4, -0.2) is 51.1 Å². The first-order valence-corrected chi connectivity index (χ1v) is 10.3. The van der Waals surface area contributed by atoms with Gasteiger partial charge in [0, 0.05) is 49.7 Å². The minimum Gasteiger partial charge on any atom is -0.337 e. The molecule has 1 unspecified atom stereocenters. The van der Waals surface area contributed by atoms with Gasteiger partial charge in [-0.3, -0.25) is 14.8 Å². The zero-order chi connectivity index (χ0) is 20.4. The lowest BCUT2D eigenvalue weighted by molar-refractivity contribution is 0.0844. The topological polar surface area (TPSA) is 58.3 Å². The lowest BCUT2D eigenvalue weighted by Crippen LogP contribution is -2.46. The van der Waals surface area contributed by atoms with E-state index in [9.17, 15) is 0 Å². The molecule has 1 atom stereocenters. The normalized spacial score (nSPS) is 16.8. The largest absolute Gasteiger partial charge is 0.337 e. The fourth-order valence-electron chi connectivity index (χ4n) is 3.81. The molecule has 0 saturated carbocycles. The molecule has 2 aromatic heterocycles. The number of hydrogen-bond acceptors (Lipinski definition) is 6. The molecule has 6 nitrogen and oxygen atoms in total. The number of aromatic nitrogens is 3. The second-order valence-electron chi connectivity index (χ2n) is 8.01. The highest BCUT2D eigenvalue weighted by atomic mass is 16.5. The first-order valence-electron chi connectivity index (χ1n) is 10.3. The van der Waals surface area contributed by atoms with Crippen molar-refractivity contribution in [2.75, 3.05) is 26.2 Å². The smallest absolute Gasteiger partial charge is 0.244 e. The summed E-state index contributed by atoms with van der Waals surface area (Å²) in [5, 5.41) is 4.19. The molecule has 0 radical (unpaired) electrons. The Balaban J connectivity index is 1.35. The van der Waals surface area contributed by atoms with Crippen molar-refractivity contribution in [2.45, 2.75) is 40.3 Å². The molecule has 1 aromatic carbocycles. The van der Waals surface area contributed by atoms with Crippen molar-refractivity contribution in [3.63, 3.8) is 0 Å². The van der Waals surface area contributed by atoms with E-state index in [0.717, 1.165) is 49.7 Å². The van der Waals surface area contributed by atoms with E-state index in [1.165, 1.54) is 11.1 Å². The van der Waals surface area contributed by atoms with Gasteiger partial charge in [-0.2, -0.15) is 4.98 Å². The van der Waals surface area contributed by atoms with Crippen molar-refractivity contribution in [3.05, 3.63) is 64.8 Å². The van der Waals surface area contributed by atoms with Gasteiger partial charge in [0.25, 0.3) is 0 Å². The van der Waals surface area contributed by atoms with Crippen LogP contribution in [-0.2, 0) is 6.54 Å². The van der Waals surface area contributed by atoms with Crippen LogP contribution in [0.1, 0.15) is 41.4 Å². The van der Waals surface area contributed by atoms with Crippen LogP contribution >= 0.6 is 0 Å². The second-order valence-corrected chi connectivity index (χ2v) is 8.01. The van der Waals surface area contributed by atoms with Gasteiger partial charge in [0.05, 0.1) is 6.04 Å². The van der Waals surface area contributed by atoms with Crippen LogP contribution in [0.4, 0.5) is 0 Å². The predicted octanol–water partition coefficient (Wildman–Crippen LogP) is 3.94. The first kappa shape index (κ1) is 19.7. The Bertz CT molecular complexity index is 958. The third-order valence-electron chi connectivity index (χ3n) is 5.79. The number of rotatable bonds is 5. The summed E-state index contributed by atoms with van der Waals surface area (Å²) in [6.45, 7) is 13.3. The predicted molar refractivity (Wildman–Crippen MR) is 113 cm³/mol. The molecule has 3 aromatic rings. The summed E-state index contributed by atoms with van der Waals surface area (Å²) in [5.41, 5.74) is 5.74. The number of piperazine rings is 1. The van der Waals surface area contributed by atoms with Crippen molar-refractivity contribution in [3.8, 4) is 11.4 Å². The maximum absolute atomic E-state index is 5.59. The molecule has 1 aliphatic heterocycles. The number of pyridine rings is 1. The summed E-state index contributed by atoms with van der Waals surface area (Å²) in [5.74, 6) is 1.35. The Hall–Kier alpha value is -2.57.